The number of amides is 1. The molecule has 0 atom stereocenters. The quantitative estimate of drug-likeness (QED) is 0.319. The van der Waals surface area contributed by atoms with Gasteiger partial charge in [0.2, 0.25) is 0 Å². The van der Waals surface area contributed by atoms with Gasteiger partial charge >= 0.3 is 0 Å². The van der Waals surface area contributed by atoms with Crippen molar-refractivity contribution in [3.05, 3.63) is 77.6 Å². The van der Waals surface area contributed by atoms with Gasteiger partial charge in [-0.05, 0) is 36.8 Å². The summed E-state index contributed by atoms with van der Waals surface area (Å²) in [5.74, 6) is 0.0196. The van der Waals surface area contributed by atoms with E-state index < -0.39 is 0 Å². The van der Waals surface area contributed by atoms with Gasteiger partial charge in [-0.25, -0.2) is 4.98 Å². The summed E-state index contributed by atoms with van der Waals surface area (Å²) < 4.78 is 1.85. The Morgan fingerprint density at radius 2 is 1.97 bits per heavy atom. The highest BCUT2D eigenvalue weighted by Gasteiger charge is 2.13. The number of unbranched alkanes of at least 4 members (excludes halogenated alkanes) is 1. The highest BCUT2D eigenvalue weighted by Crippen LogP contribution is 2.22. The maximum Gasteiger partial charge on any atom is 0.251 e. The second-order valence-electron chi connectivity index (χ2n) is 6.64. The zero-order valence-electron chi connectivity index (χ0n) is 16.7. The summed E-state index contributed by atoms with van der Waals surface area (Å²) in [5.41, 5.74) is 2.35. The number of nitriles is 1. The van der Waals surface area contributed by atoms with Crippen LogP contribution < -0.4 is 5.32 Å². The Morgan fingerprint density at radius 3 is 2.77 bits per heavy atom. The van der Waals surface area contributed by atoms with Crippen LogP contribution in [0.25, 0.3) is 5.69 Å². The SMILES string of the molecule is CCCCNC(=O)c1cccc(-n2ccnc2SCC(=O)c2cccc(C#N)c2)c1. The molecule has 0 bridgehead atoms. The predicted molar refractivity (Wildman–Crippen MR) is 117 cm³/mol. The highest BCUT2D eigenvalue weighted by atomic mass is 32.2. The number of aromatic nitrogens is 2. The summed E-state index contributed by atoms with van der Waals surface area (Å²) in [6.45, 7) is 2.73. The molecule has 0 saturated heterocycles. The lowest BCUT2D eigenvalue weighted by molar-refractivity contribution is 0.0952. The molecule has 0 aliphatic rings. The first-order valence-corrected chi connectivity index (χ1v) is 10.7. The van der Waals surface area contributed by atoms with E-state index in [0.29, 0.717) is 28.4 Å². The van der Waals surface area contributed by atoms with Crippen LogP contribution in [0.1, 0.15) is 46.0 Å². The number of nitrogens with one attached hydrogen (secondary N) is 1. The summed E-state index contributed by atoms with van der Waals surface area (Å²) in [6.07, 6.45) is 5.43. The van der Waals surface area contributed by atoms with Crippen LogP contribution in [0.2, 0.25) is 0 Å². The molecule has 0 saturated carbocycles. The van der Waals surface area contributed by atoms with Gasteiger partial charge in [-0.15, -0.1) is 0 Å². The molecule has 2 aromatic carbocycles. The Hall–Kier alpha value is -3.37. The van der Waals surface area contributed by atoms with Crippen LogP contribution in [-0.2, 0) is 0 Å². The Morgan fingerprint density at radius 1 is 1.17 bits per heavy atom. The average molecular weight is 419 g/mol. The number of imidazole rings is 1. The summed E-state index contributed by atoms with van der Waals surface area (Å²) in [7, 11) is 0. The van der Waals surface area contributed by atoms with Gasteiger partial charge in [0.25, 0.3) is 5.91 Å². The van der Waals surface area contributed by atoms with Crippen LogP contribution in [0.3, 0.4) is 0 Å². The van der Waals surface area contributed by atoms with Gasteiger partial charge in [0, 0.05) is 35.8 Å². The summed E-state index contributed by atoms with van der Waals surface area (Å²) >= 11 is 1.31. The van der Waals surface area contributed by atoms with Gasteiger partial charge in [0.1, 0.15) is 0 Å². The van der Waals surface area contributed by atoms with Crippen molar-refractivity contribution in [3.8, 4) is 11.8 Å². The number of carbonyl (C=O) groups is 2. The molecule has 30 heavy (non-hydrogen) atoms. The van der Waals surface area contributed by atoms with E-state index in [1.807, 2.05) is 28.8 Å². The summed E-state index contributed by atoms with van der Waals surface area (Å²) in [6, 6.07) is 16.0. The minimum atomic E-state index is -0.104. The molecule has 1 amide bonds. The van der Waals surface area contributed by atoms with Gasteiger partial charge in [0.15, 0.2) is 10.9 Å². The lowest BCUT2D eigenvalue weighted by Crippen LogP contribution is -2.24. The molecule has 3 aromatic rings. The molecule has 0 spiro atoms. The third-order valence-corrected chi connectivity index (χ3v) is 5.42. The number of Topliss-reactive ketones (excluding diaryl/α,β-unsaturated/α-hetero) is 1. The molecule has 152 valence electrons. The third kappa shape index (κ3) is 5.37. The largest absolute Gasteiger partial charge is 0.352 e. The number of nitrogens with zero attached hydrogens (tertiary/aromatic N) is 3. The first kappa shape index (κ1) is 21.3. The number of carbonyl (C=O) groups excluding carboxylic acids is 2. The molecule has 0 fully saturated rings. The Bertz CT molecular complexity index is 1080. The maximum atomic E-state index is 12.5. The zero-order chi connectivity index (χ0) is 21.3. The smallest absolute Gasteiger partial charge is 0.251 e. The predicted octanol–water partition coefficient (Wildman–Crippen LogP) is 4.25. The van der Waals surface area contributed by atoms with Crippen LogP contribution in [0.15, 0.2) is 66.1 Å². The molecule has 1 N–H and O–H groups in total. The van der Waals surface area contributed by atoms with E-state index in [0.717, 1.165) is 18.5 Å². The molecule has 1 aromatic heterocycles. The maximum absolute atomic E-state index is 12.5. The van der Waals surface area contributed by atoms with E-state index in [-0.39, 0.29) is 17.4 Å². The standard InChI is InChI=1S/C23H22N4O2S/c1-2-3-10-25-22(29)19-8-5-9-20(14-19)27-12-11-26-23(27)30-16-21(28)18-7-4-6-17(13-18)15-24/h4-9,11-14H,2-3,10,16H2,1H3,(H,25,29). The van der Waals surface area contributed by atoms with Crippen LogP contribution >= 0.6 is 11.8 Å². The normalized spacial score (nSPS) is 10.4. The third-order valence-electron chi connectivity index (χ3n) is 4.46. The molecular weight excluding hydrogens is 396 g/mol. The van der Waals surface area contributed by atoms with Crippen molar-refractivity contribution in [1.29, 1.82) is 5.26 Å². The number of thioether (sulfide) groups is 1. The number of hydrogen-bond donors (Lipinski definition) is 1. The molecule has 7 heteroatoms. The molecular formula is C23H22N4O2S. The second-order valence-corrected chi connectivity index (χ2v) is 7.59. The Balaban J connectivity index is 1.71. The van der Waals surface area contributed by atoms with Gasteiger partial charge in [-0.2, -0.15) is 5.26 Å². The topological polar surface area (TPSA) is 87.8 Å². The monoisotopic (exact) mass is 418 g/mol. The van der Waals surface area contributed by atoms with Crippen molar-refractivity contribution in [2.45, 2.75) is 24.9 Å². The zero-order valence-corrected chi connectivity index (χ0v) is 17.5. The second kappa shape index (κ2) is 10.4. The fourth-order valence-corrected chi connectivity index (χ4v) is 3.71. The van der Waals surface area contributed by atoms with Crippen molar-refractivity contribution in [2.24, 2.45) is 0 Å². The minimum Gasteiger partial charge on any atom is -0.352 e. The minimum absolute atomic E-state index is 0.0734. The van der Waals surface area contributed by atoms with Gasteiger partial charge < -0.3 is 5.32 Å². The molecule has 0 unspecified atom stereocenters. The number of hydrogen-bond acceptors (Lipinski definition) is 5. The van der Waals surface area contributed by atoms with Crippen LogP contribution in [0.4, 0.5) is 0 Å². The van der Waals surface area contributed by atoms with E-state index in [1.165, 1.54) is 11.8 Å². The molecule has 6 nitrogen and oxygen atoms in total. The number of rotatable bonds is 9. The molecule has 1 heterocycles. The van der Waals surface area contributed by atoms with Crippen molar-refractivity contribution in [2.75, 3.05) is 12.3 Å². The van der Waals surface area contributed by atoms with E-state index in [4.69, 9.17) is 5.26 Å². The van der Waals surface area contributed by atoms with Gasteiger partial charge in [-0.1, -0.05) is 43.3 Å². The van der Waals surface area contributed by atoms with Gasteiger partial charge in [0.05, 0.1) is 17.4 Å². The van der Waals surface area contributed by atoms with Crippen LogP contribution in [0, 0.1) is 11.3 Å². The van der Waals surface area contributed by atoms with Crippen LogP contribution in [-0.4, -0.2) is 33.5 Å². The van der Waals surface area contributed by atoms with E-state index in [1.54, 1.807) is 42.7 Å². The number of benzene rings is 2. The van der Waals surface area contributed by atoms with Gasteiger partial charge in [-0.3, -0.25) is 14.2 Å². The fraction of sp³-hybridized carbons (Fsp3) is 0.217. The van der Waals surface area contributed by atoms with Crippen molar-refractivity contribution in [3.63, 3.8) is 0 Å². The highest BCUT2D eigenvalue weighted by molar-refractivity contribution is 7.99. The van der Waals surface area contributed by atoms with Crippen molar-refractivity contribution in [1.82, 2.24) is 14.9 Å². The van der Waals surface area contributed by atoms with Crippen LogP contribution in [0.5, 0.6) is 0 Å². The first-order valence-electron chi connectivity index (χ1n) is 9.70. The van der Waals surface area contributed by atoms with E-state index >= 15 is 0 Å². The Labute approximate surface area is 179 Å². The van der Waals surface area contributed by atoms with E-state index in [2.05, 4.69) is 17.2 Å². The number of ketones is 1. The summed E-state index contributed by atoms with van der Waals surface area (Å²) in [4.78, 5) is 29.2. The lowest BCUT2D eigenvalue weighted by Gasteiger charge is -2.10. The molecule has 0 aliphatic heterocycles. The van der Waals surface area contributed by atoms with E-state index in [9.17, 15) is 9.59 Å². The first-order chi connectivity index (χ1) is 14.6. The fourth-order valence-electron chi connectivity index (χ4n) is 2.85. The average Bonchev–Trinajstić information content (AvgIpc) is 3.26. The van der Waals surface area contributed by atoms with Crippen molar-refractivity contribution >= 4 is 23.5 Å². The Kier molecular flexibility index (Phi) is 7.41. The molecule has 0 aliphatic carbocycles. The summed E-state index contributed by atoms with van der Waals surface area (Å²) in [5, 5.41) is 12.6. The van der Waals surface area contributed by atoms with Crippen molar-refractivity contribution < 1.29 is 9.59 Å². The molecule has 0 radical (unpaired) electrons. The molecule has 3 rings (SSSR count). The lowest BCUT2D eigenvalue weighted by atomic mass is 10.1.